The van der Waals surface area contributed by atoms with Crippen molar-refractivity contribution in [1.82, 2.24) is 5.32 Å². The van der Waals surface area contributed by atoms with Crippen LogP contribution in [-0.2, 0) is 4.84 Å². The molecule has 0 saturated carbocycles. The molecule has 1 aliphatic heterocycles. The Bertz CT molecular complexity index is 122. The molecule has 1 heterocycles. The van der Waals surface area contributed by atoms with Gasteiger partial charge in [0.05, 0.1) is 0 Å². The van der Waals surface area contributed by atoms with Crippen molar-refractivity contribution >= 4 is 0 Å². The number of hydrogen-bond donors (Lipinski definition) is 1. The minimum absolute atomic E-state index is 0.186. The normalized spacial score (nSPS) is 24.6. The Morgan fingerprint density at radius 2 is 2.60 bits per heavy atom. The quantitative estimate of drug-likeness (QED) is 0.447. The summed E-state index contributed by atoms with van der Waals surface area (Å²) < 4.78 is 0. The van der Waals surface area contributed by atoms with E-state index in [1.54, 1.807) is 0 Å². The van der Waals surface area contributed by atoms with E-state index in [2.05, 4.69) is 10.2 Å². The number of rotatable bonds is 3. The van der Waals surface area contributed by atoms with Gasteiger partial charge in [-0.05, 0) is 19.4 Å². The fourth-order valence-electron chi connectivity index (χ4n) is 1.05. The van der Waals surface area contributed by atoms with E-state index in [-0.39, 0.29) is 12.6 Å². The minimum Gasteiger partial charge on any atom is -0.312 e. The maximum atomic E-state index is 9.71. The van der Waals surface area contributed by atoms with Crippen LogP contribution >= 0.6 is 0 Å². The molecule has 58 valence electrons. The number of nitrogens with one attached hydrogen (secondary N) is 1. The van der Waals surface area contributed by atoms with Crippen molar-refractivity contribution in [3.8, 4) is 0 Å². The SMILES string of the molecule is O=[N+]([O-])OC[C@@H]1CCCN1. The van der Waals surface area contributed by atoms with E-state index in [1.165, 1.54) is 0 Å². The van der Waals surface area contributed by atoms with Gasteiger partial charge in [-0.25, -0.2) is 0 Å². The first-order valence-electron chi connectivity index (χ1n) is 3.30. The molecule has 0 radical (unpaired) electrons. The molecule has 0 aromatic heterocycles. The van der Waals surface area contributed by atoms with Crippen LogP contribution < -0.4 is 5.32 Å². The number of hydrogen-bond acceptors (Lipinski definition) is 4. The maximum absolute atomic E-state index is 9.71. The Morgan fingerprint density at radius 3 is 3.10 bits per heavy atom. The van der Waals surface area contributed by atoms with Crippen molar-refractivity contribution in [3.63, 3.8) is 0 Å². The molecule has 5 heteroatoms. The van der Waals surface area contributed by atoms with Gasteiger partial charge in [0.25, 0.3) is 5.09 Å². The molecule has 1 atom stereocenters. The topological polar surface area (TPSA) is 64.4 Å². The van der Waals surface area contributed by atoms with Gasteiger partial charge < -0.3 is 10.2 Å². The van der Waals surface area contributed by atoms with Crippen molar-refractivity contribution < 1.29 is 9.92 Å². The largest absolute Gasteiger partial charge is 0.312 e. The molecule has 10 heavy (non-hydrogen) atoms. The van der Waals surface area contributed by atoms with Crippen LogP contribution in [0.25, 0.3) is 0 Å². The molecule has 1 aliphatic rings. The standard InChI is InChI=1S/C5H10N2O3/c8-7(9)10-4-5-2-1-3-6-5/h5-6H,1-4H2/t5-/m0/s1. The van der Waals surface area contributed by atoms with Crippen LogP contribution in [0.1, 0.15) is 12.8 Å². The van der Waals surface area contributed by atoms with Crippen molar-refractivity contribution in [2.45, 2.75) is 18.9 Å². The van der Waals surface area contributed by atoms with E-state index < -0.39 is 5.09 Å². The van der Waals surface area contributed by atoms with Gasteiger partial charge in [-0.2, -0.15) is 0 Å². The molecule has 0 spiro atoms. The summed E-state index contributed by atoms with van der Waals surface area (Å²) in [6, 6.07) is 0.186. The van der Waals surface area contributed by atoms with Crippen molar-refractivity contribution in [1.29, 1.82) is 0 Å². The van der Waals surface area contributed by atoms with E-state index in [1.807, 2.05) is 0 Å². The average molecular weight is 146 g/mol. The predicted molar refractivity (Wildman–Crippen MR) is 34.0 cm³/mol. The molecule has 0 amide bonds. The Hall–Kier alpha value is -0.840. The van der Waals surface area contributed by atoms with Gasteiger partial charge in [0.2, 0.25) is 0 Å². The van der Waals surface area contributed by atoms with Gasteiger partial charge in [-0.1, -0.05) is 0 Å². The second-order valence-electron chi connectivity index (χ2n) is 2.31. The molecule has 0 aliphatic carbocycles. The molecule has 1 saturated heterocycles. The lowest BCUT2D eigenvalue weighted by Gasteiger charge is -2.06. The van der Waals surface area contributed by atoms with E-state index in [0.29, 0.717) is 0 Å². The monoisotopic (exact) mass is 146 g/mol. The summed E-state index contributed by atoms with van der Waals surface area (Å²) in [6.45, 7) is 1.14. The van der Waals surface area contributed by atoms with Gasteiger partial charge in [0, 0.05) is 6.04 Å². The van der Waals surface area contributed by atoms with Crippen LogP contribution in [0.5, 0.6) is 0 Å². The minimum atomic E-state index is -0.750. The summed E-state index contributed by atoms with van der Waals surface area (Å²) in [5.74, 6) is 0. The molecular weight excluding hydrogens is 136 g/mol. The molecule has 1 fully saturated rings. The van der Waals surface area contributed by atoms with Crippen LogP contribution in [-0.4, -0.2) is 24.3 Å². The summed E-state index contributed by atoms with van der Waals surface area (Å²) >= 11 is 0. The zero-order valence-electron chi connectivity index (χ0n) is 5.58. The van der Waals surface area contributed by atoms with Crippen molar-refractivity contribution in [2.24, 2.45) is 0 Å². The molecule has 5 nitrogen and oxygen atoms in total. The fourth-order valence-corrected chi connectivity index (χ4v) is 1.05. The highest BCUT2D eigenvalue weighted by molar-refractivity contribution is 4.72. The van der Waals surface area contributed by atoms with E-state index in [9.17, 15) is 10.1 Å². The third-order valence-electron chi connectivity index (χ3n) is 1.54. The zero-order valence-corrected chi connectivity index (χ0v) is 5.58. The highest BCUT2D eigenvalue weighted by atomic mass is 16.9. The van der Waals surface area contributed by atoms with Gasteiger partial charge in [0.1, 0.15) is 6.61 Å². The van der Waals surface area contributed by atoms with E-state index in [4.69, 9.17) is 0 Å². The van der Waals surface area contributed by atoms with E-state index in [0.717, 1.165) is 19.4 Å². The van der Waals surface area contributed by atoms with Gasteiger partial charge in [-0.3, -0.25) is 0 Å². The molecule has 0 aromatic rings. The molecule has 1 N–H and O–H groups in total. The van der Waals surface area contributed by atoms with Crippen LogP contribution in [0.15, 0.2) is 0 Å². The summed E-state index contributed by atoms with van der Waals surface area (Å²) in [7, 11) is 0. The second-order valence-corrected chi connectivity index (χ2v) is 2.31. The van der Waals surface area contributed by atoms with Crippen LogP contribution in [0, 0.1) is 10.1 Å². The average Bonchev–Trinajstić information content (AvgIpc) is 2.34. The summed E-state index contributed by atoms with van der Waals surface area (Å²) in [5, 5.41) is 12.0. The second kappa shape index (κ2) is 3.36. The van der Waals surface area contributed by atoms with Crippen LogP contribution in [0.3, 0.4) is 0 Å². The first-order chi connectivity index (χ1) is 4.79. The Kier molecular flexibility index (Phi) is 2.44. The lowest BCUT2D eigenvalue weighted by Crippen LogP contribution is -2.27. The molecule has 0 aromatic carbocycles. The van der Waals surface area contributed by atoms with E-state index >= 15 is 0 Å². The Balaban J connectivity index is 2.07. The summed E-state index contributed by atoms with van der Waals surface area (Å²) in [5.41, 5.74) is 0. The van der Waals surface area contributed by atoms with Gasteiger partial charge in [0.15, 0.2) is 0 Å². The third-order valence-corrected chi connectivity index (χ3v) is 1.54. The van der Waals surface area contributed by atoms with Crippen molar-refractivity contribution in [3.05, 3.63) is 10.1 Å². The first kappa shape index (κ1) is 7.27. The summed E-state index contributed by atoms with van der Waals surface area (Å²) in [4.78, 5) is 13.9. The molecular formula is C5H10N2O3. The predicted octanol–water partition coefficient (Wildman–Crippen LogP) is -0.0533. The molecule has 0 unspecified atom stereocenters. The Labute approximate surface area is 58.5 Å². The lowest BCUT2D eigenvalue weighted by molar-refractivity contribution is -0.758. The lowest BCUT2D eigenvalue weighted by atomic mass is 10.2. The highest BCUT2D eigenvalue weighted by Crippen LogP contribution is 2.04. The maximum Gasteiger partial charge on any atom is 0.294 e. The van der Waals surface area contributed by atoms with Gasteiger partial charge in [-0.15, -0.1) is 10.1 Å². The molecule has 0 bridgehead atoms. The third kappa shape index (κ3) is 2.18. The fraction of sp³-hybridized carbons (Fsp3) is 1.00. The van der Waals surface area contributed by atoms with Crippen molar-refractivity contribution in [2.75, 3.05) is 13.2 Å². The van der Waals surface area contributed by atoms with Gasteiger partial charge >= 0.3 is 0 Å². The number of nitrogens with zero attached hydrogens (tertiary/aromatic N) is 1. The zero-order chi connectivity index (χ0) is 7.40. The smallest absolute Gasteiger partial charge is 0.294 e. The summed E-state index contributed by atoms with van der Waals surface area (Å²) in [6.07, 6.45) is 2.07. The highest BCUT2D eigenvalue weighted by Gasteiger charge is 2.14. The Morgan fingerprint density at radius 1 is 1.80 bits per heavy atom. The van der Waals surface area contributed by atoms with Crippen LogP contribution in [0.2, 0.25) is 0 Å². The first-order valence-corrected chi connectivity index (χ1v) is 3.30. The van der Waals surface area contributed by atoms with Crippen LogP contribution in [0.4, 0.5) is 0 Å². The molecule has 1 rings (SSSR count).